The Balaban J connectivity index is 2.41. The van der Waals surface area contributed by atoms with Gasteiger partial charge in [0.1, 0.15) is 0 Å². The van der Waals surface area contributed by atoms with Gasteiger partial charge in [0.15, 0.2) is 0 Å². The van der Waals surface area contributed by atoms with E-state index in [1.54, 1.807) is 11.0 Å². The van der Waals surface area contributed by atoms with Crippen molar-refractivity contribution in [1.29, 1.82) is 0 Å². The van der Waals surface area contributed by atoms with E-state index in [0.29, 0.717) is 19.5 Å². The molecule has 0 saturated carbocycles. The minimum Gasteiger partial charge on any atom is -0.453 e. The number of nitrogens with one attached hydrogen (secondary N) is 1. The molecule has 0 radical (unpaired) electrons. The lowest BCUT2D eigenvalue weighted by Crippen LogP contribution is -2.44. The van der Waals surface area contributed by atoms with Gasteiger partial charge in [-0.25, -0.2) is 4.79 Å². The maximum Gasteiger partial charge on any atom is 0.407 e. The summed E-state index contributed by atoms with van der Waals surface area (Å²) in [7, 11) is 1.31. The van der Waals surface area contributed by atoms with Crippen molar-refractivity contribution in [2.45, 2.75) is 24.9 Å². The normalized spacial score (nSPS) is 20.8. The van der Waals surface area contributed by atoms with E-state index in [1.165, 1.54) is 7.11 Å². The Hall–Kier alpha value is -1.56. The van der Waals surface area contributed by atoms with Gasteiger partial charge in [-0.3, -0.25) is 4.79 Å². The number of ether oxygens (including phenoxy) is 1. The number of methoxy groups -OCH3 is 1. The van der Waals surface area contributed by atoms with Crippen LogP contribution in [0.2, 0.25) is 0 Å². The lowest BCUT2D eigenvalue weighted by Gasteiger charge is -2.20. The van der Waals surface area contributed by atoms with E-state index in [0.717, 1.165) is 6.42 Å². The monoisotopic (exact) mass is 241 g/mol. The van der Waals surface area contributed by atoms with Crippen molar-refractivity contribution < 1.29 is 14.3 Å². The average Bonchev–Trinajstić information content (AvgIpc) is 2.76. The minimum atomic E-state index is -0.538. The zero-order valence-electron chi connectivity index (χ0n) is 10.0. The molecule has 0 aliphatic carbocycles. The number of alkyl carbamates (subject to hydrolysis) is 1. The number of hydrogen-bond donors (Lipinski definition) is 2. The molecule has 1 fully saturated rings. The second-order valence-corrected chi connectivity index (χ2v) is 4.04. The predicted molar refractivity (Wildman–Crippen MR) is 63.3 cm³/mol. The highest BCUT2D eigenvalue weighted by molar-refractivity contribution is 5.82. The van der Waals surface area contributed by atoms with Gasteiger partial charge in [-0.15, -0.1) is 6.58 Å². The molecule has 1 rings (SSSR count). The number of carbonyl (C=O) groups is 2. The van der Waals surface area contributed by atoms with E-state index in [-0.39, 0.29) is 11.9 Å². The Morgan fingerprint density at radius 2 is 2.41 bits per heavy atom. The zero-order chi connectivity index (χ0) is 12.8. The van der Waals surface area contributed by atoms with E-state index in [1.807, 2.05) is 0 Å². The van der Waals surface area contributed by atoms with Gasteiger partial charge in [0, 0.05) is 13.1 Å². The summed E-state index contributed by atoms with van der Waals surface area (Å²) in [5, 5.41) is 2.67. The third-order valence-corrected chi connectivity index (χ3v) is 2.75. The molecule has 0 aromatic heterocycles. The number of likely N-dealkylation sites (tertiary alicyclic amines) is 1. The fraction of sp³-hybridized carbons (Fsp3) is 0.636. The van der Waals surface area contributed by atoms with E-state index >= 15 is 0 Å². The Morgan fingerprint density at radius 1 is 1.71 bits per heavy atom. The van der Waals surface area contributed by atoms with Gasteiger partial charge in [-0.05, 0) is 12.8 Å². The molecular formula is C11H19N3O3. The summed E-state index contributed by atoms with van der Waals surface area (Å²) in [4.78, 5) is 24.5. The van der Waals surface area contributed by atoms with Gasteiger partial charge in [-0.2, -0.15) is 0 Å². The van der Waals surface area contributed by atoms with Crippen LogP contribution in [0.5, 0.6) is 0 Å². The Kier molecular flexibility index (Phi) is 4.96. The average molecular weight is 241 g/mol. The molecule has 96 valence electrons. The number of rotatable bonds is 4. The molecular weight excluding hydrogens is 222 g/mol. The van der Waals surface area contributed by atoms with Crippen molar-refractivity contribution in [3.63, 3.8) is 0 Å². The lowest BCUT2D eigenvalue weighted by atomic mass is 10.2. The van der Waals surface area contributed by atoms with E-state index < -0.39 is 12.1 Å². The first kappa shape index (κ1) is 13.5. The van der Waals surface area contributed by atoms with Gasteiger partial charge < -0.3 is 20.7 Å². The van der Waals surface area contributed by atoms with E-state index in [9.17, 15) is 9.59 Å². The molecule has 3 N–H and O–H groups in total. The molecule has 0 aromatic rings. The molecule has 0 spiro atoms. The molecule has 17 heavy (non-hydrogen) atoms. The molecule has 1 aliphatic heterocycles. The van der Waals surface area contributed by atoms with Gasteiger partial charge in [-0.1, -0.05) is 6.08 Å². The maximum atomic E-state index is 11.8. The van der Waals surface area contributed by atoms with Crippen molar-refractivity contribution >= 4 is 12.0 Å². The molecule has 2 amide bonds. The molecule has 0 bridgehead atoms. The Bertz CT molecular complexity index is 306. The minimum absolute atomic E-state index is 0.0534. The fourth-order valence-corrected chi connectivity index (χ4v) is 1.82. The summed E-state index contributed by atoms with van der Waals surface area (Å²) in [6.45, 7) is 4.65. The summed E-state index contributed by atoms with van der Waals surface area (Å²) < 4.78 is 4.50. The summed E-state index contributed by atoms with van der Waals surface area (Å²) in [5.41, 5.74) is 5.71. The quantitative estimate of drug-likeness (QED) is 0.670. The molecule has 1 aliphatic rings. The molecule has 1 saturated heterocycles. The van der Waals surface area contributed by atoms with Gasteiger partial charge in [0.25, 0.3) is 0 Å². The summed E-state index contributed by atoms with van der Waals surface area (Å²) >= 11 is 0. The Labute approximate surface area is 101 Å². The standard InChI is InChI=1S/C11H19N3O3/c1-3-4-9(12)10(15)14-6-5-8(7-14)13-11(16)17-2/h3,8-9H,1,4-7,12H2,2H3,(H,13,16). The summed E-state index contributed by atoms with van der Waals surface area (Å²) in [6.07, 6.45) is 2.34. The van der Waals surface area contributed by atoms with Crippen LogP contribution in [0.25, 0.3) is 0 Å². The SMILES string of the molecule is C=CCC(N)C(=O)N1CCC(NC(=O)OC)C1. The van der Waals surface area contributed by atoms with E-state index in [4.69, 9.17) is 5.73 Å². The fourth-order valence-electron chi connectivity index (χ4n) is 1.82. The summed E-state index contributed by atoms with van der Waals surface area (Å²) in [6, 6.07) is -0.591. The van der Waals surface area contributed by atoms with Crippen molar-refractivity contribution in [3.05, 3.63) is 12.7 Å². The highest BCUT2D eigenvalue weighted by Crippen LogP contribution is 2.11. The third kappa shape index (κ3) is 3.74. The number of nitrogens with zero attached hydrogens (tertiary/aromatic N) is 1. The smallest absolute Gasteiger partial charge is 0.407 e. The largest absolute Gasteiger partial charge is 0.453 e. The van der Waals surface area contributed by atoms with Crippen molar-refractivity contribution in [1.82, 2.24) is 10.2 Å². The van der Waals surface area contributed by atoms with Crippen LogP contribution >= 0.6 is 0 Å². The van der Waals surface area contributed by atoms with Gasteiger partial charge in [0.2, 0.25) is 5.91 Å². The van der Waals surface area contributed by atoms with Crippen LogP contribution in [0, 0.1) is 0 Å². The lowest BCUT2D eigenvalue weighted by molar-refractivity contribution is -0.131. The molecule has 2 unspecified atom stereocenters. The molecule has 2 atom stereocenters. The first-order valence-corrected chi connectivity index (χ1v) is 5.58. The van der Waals surface area contributed by atoms with Gasteiger partial charge >= 0.3 is 6.09 Å². The highest BCUT2D eigenvalue weighted by atomic mass is 16.5. The maximum absolute atomic E-state index is 11.8. The second-order valence-electron chi connectivity index (χ2n) is 4.04. The topological polar surface area (TPSA) is 84.7 Å². The molecule has 0 aromatic carbocycles. The van der Waals surface area contributed by atoms with E-state index in [2.05, 4.69) is 16.6 Å². The number of nitrogens with two attached hydrogens (primary N) is 1. The second kappa shape index (κ2) is 6.24. The number of amides is 2. The zero-order valence-corrected chi connectivity index (χ0v) is 10.0. The first-order valence-electron chi connectivity index (χ1n) is 5.58. The van der Waals surface area contributed by atoms with Gasteiger partial charge in [0.05, 0.1) is 19.2 Å². The van der Waals surface area contributed by atoms with Crippen molar-refractivity contribution in [2.24, 2.45) is 5.73 Å². The predicted octanol–water partition coefficient (Wildman–Crippen LogP) is -0.153. The molecule has 6 nitrogen and oxygen atoms in total. The third-order valence-electron chi connectivity index (χ3n) is 2.75. The molecule has 6 heteroatoms. The van der Waals surface area contributed by atoms with Crippen LogP contribution in [0.1, 0.15) is 12.8 Å². The van der Waals surface area contributed by atoms with Crippen molar-refractivity contribution in [2.75, 3.05) is 20.2 Å². The number of hydrogen-bond acceptors (Lipinski definition) is 4. The molecule has 1 heterocycles. The van der Waals surface area contributed by atoms with Crippen molar-refractivity contribution in [3.8, 4) is 0 Å². The highest BCUT2D eigenvalue weighted by Gasteiger charge is 2.29. The summed E-state index contributed by atoms with van der Waals surface area (Å²) in [5.74, 6) is -0.0981. The van der Waals surface area contributed by atoms with Crippen LogP contribution in [0.4, 0.5) is 4.79 Å². The number of carbonyl (C=O) groups excluding carboxylic acids is 2. The van der Waals surface area contributed by atoms with Crippen LogP contribution < -0.4 is 11.1 Å². The first-order chi connectivity index (χ1) is 8.08. The Morgan fingerprint density at radius 3 is 3.00 bits per heavy atom. The van der Waals surface area contributed by atoms with Crippen LogP contribution in [0.3, 0.4) is 0 Å². The van der Waals surface area contributed by atoms with Crippen LogP contribution in [-0.4, -0.2) is 49.2 Å². The van der Waals surface area contributed by atoms with Crippen LogP contribution in [-0.2, 0) is 9.53 Å². The van der Waals surface area contributed by atoms with Crippen LogP contribution in [0.15, 0.2) is 12.7 Å².